The quantitative estimate of drug-likeness (QED) is 0.645. The minimum atomic E-state index is -1.21. The van der Waals surface area contributed by atoms with Gasteiger partial charge in [-0.15, -0.1) is 0 Å². The molecule has 4 heteroatoms. The first-order valence-electron chi connectivity index (χ1n) is 3.36. The lowest BCUT2D eigenvalue weighted by Crippen LogP contribution is -2.48. The van der Waals surface area contributed by atoms with E-state index in [1.54, 1.807) is 7.11 Å². The lowest BCUT2D eigenvalue weighted by molar-refractivity contribution is 0.130. The van der Waals surface area contributed by atoms with Crippen LogP contribution in [-0.4, -0.2) is 22.7 Å². The van der Waals surface area contributed by atoms with Gasteiger partial charge in [-0.2, -0.15) is 0 Å². The van der Waals surface area contributed by atoms with E-state index in [9.17, 15) is 4.21 Å². The largest absolute Gasteiger partial charge is 0.383 e. The van der Waals surface area contributed by atoms with Crippen molar-refractivity contribution in [2.24, 2.45) is 5.14 Å². The predicted molar refractivity (Wildman–Crippen MR) is 40.8 cm³/mol. The van der Waals surface area contributed by atoms with Gasteiger partial charge in [0.05, 0.1) is 22.3 Å². The topological polar surface area (TPSA) is 52.3 Å². The summed E-state index contributed by atoms with van der Waals surface area (Å²) in [6.07, 6.45) is 3.03. The number of hydrogen-bond acceptors (Lipinski definition) is 2. The second-order valence-electron chi connectivity index (χ2n) is 2.77. The first kappa shape index (κ1) is 8.17. The van der Waals surface area contributed by atoms with Gasteiger partial charge in [-0.3, -0.25) is 5.14 Å². The zero-order chi connectivity index (χ0) is 7.61. The van der Waals surface area contributed by atoms with Crippen LogP contribution in [0, 0.1) is 0 Å². The molecule has 1 aliphatic rings. The van der Waals surface area contributed by atoms with Crippen molar-refractivity contribution in [2.75, 3.05) is 13.7 Å². The Morgan fingerprint density at radius 3 is 2.40 bits per heavy atom. The molecule has 0 aliphatic heterocycles. The zero-order valence-electron chi connectivity index (χ0n) is 6.13. The summed E-state index contributed by atoms with van der Waals surface area (Å²) in [5.74, 6) is 0. The minimum absolute atomic E-state index is 0.200. The lowest BCUT2D eigenvalue weighted by atomic mass is 9.85. The Balaban J connectivity index is 2.50. The molecule has 1 fully saturated rings. The summed E-state index contributed by atoms with van der Waals surface area (Å²) in [5, 5.41) is 5.31. The van der Waals surface area contributed by atoms with Crippen molar-refractivity contribution < 1.29 is 8.95 Å². The molecule has 0 aromatic heterocycles. The molecule has 1 saturated carbocycles. The molecule has 2 N–H and O–H groups in total. The second kappa shape index (κ2) is 2.98. The van der Waals surface area contributed by atoms with Crippen LogP contribution < -0.4 is 5.14 Å². The highest BCUT2D eigenvalue weighted by molar-refractivity contribution is 7.84. The van der Waals surface area contributed by atoms with E-state index in [1.807, 2.05) is 0 Å². The average Bonchev–Trinajstić information content (AvgIpc) is 1.77. The van der Waals surface area contributed by atoms with Crippen molar-refractivity contribution in [2.45, 2.75) is 24.0 Å². The van der Waals surface area contributed by atoms with Crippen LogP contribution in [0.3, 0.4) is 0 Å². The third kappa shape index (κ3) is 1.24. The van der Waals surface area contributed by atoms with Crippen LogP contribution >= 0.6 is 0 Å². The molecule has 1 aliphatic carbocycles. The van der Waals surface area contributed by atoms with Crippen molar-refractivity contribution >= 4 is 11.0 Å². The molecule has 0 radical (unpaired) electrons. The van der Waals surface area contributed by atoms with Gasteiger partial charge in [0.2, 0.25) is 0 Å². The van der Waals surface area contributed by atoms with Gasteiger partial charge in [0.15, 0.2) is 0 Å². The van der Waals surface area contributed by atoms with Gasteiger partial charge in [0.1, 0.15) is 0 Å². The number of nitrogens with two attached hydrogens (primary N) is 1. The number of methoxy groups -OCH3 is 1. The van der Waals surface area contributed by atoms with Crippen molar-refractivity contribution in [3.05, 3.63) is 0 Å². The van der Waals surface area contributed by atoms with E-state index in [2.05, 4.69) is 0 Å². The van der Waals surface area contributed by atoms with Gasteiger partial charge >= 0.3 is 0 Å². The van der Waals surface area contributed by atoms with E-state index in [-0.39, 0.29) is 4.75 Å². The summed E-state index contributed by atoms with van der Waals surface area (Å²) in [6.45, 7) is 0.538. The third-order valence-electron chi connectivity index (χ3n) is 2.10. The Hall–Kier alpha value is 0.0700. The highest BCUT2D eigenvalue weighted by Crippen LogP contribution is 2.36. The van der Waals surface area contributed by atoms with E-state index < -0.39 is 11.0 Å². The summed E-state index contributed by atoms with van der Waals surface area (Å²) in [4.78, 5) is 0. The van der Waals surface area contributed by atoms with E-state index in [0.717, 1.165) is 19.3 Å². The molecular formula is C6H13NO2S. The Kier molecular flexibility index (Phi) is 2.44. The molecule has 3 nitrogen and oxygen atoms in total. The summed E-state index contributed by atoms with van der Waals surface area (Å²) >= 11 is 0. The van der Waals surface area contributed by atoms with E-state index in [0.29, 0.717) is 6.61 Å². The van der Waals surface area contributed by atoms with Crippen molar-refractivity contribution in [3.8, 4) is 0 Å². The highest BCUT2D eigenvalue weighted by atomic mass is 32.2. The molecular weight excluding hydrogens is 150 g/mol. The van der Waals surface area contributed by atoms with E-state index in [1.165, 1.54) is 0 Å². The molecule has 0 amide bonds. The molecule has 0 bridgehead atoms. The maximum Gasteiger partial charge on any atom is 0.0974 e. The normalized spacial score (nSPS) is 25.4. The molecule has 60 valence electrons. The zero-order valence-corrected chi connectivity index (χ0v) is 6.95. The van der Waals surface area contributed by atoms with Crippen molar-refractivity contribution in [3.63, 3.8) is 0 Å². The number of ether oxygens (including phenoxy) is 1. The first-order chi connectivity index (χ1) is 4.71. The summed E-state index contributed by atoms with van der Waals surface area (Å²) in [6, 6.07) is 0. The SMILES string of the molecule is COCC1(S(N)=O)CCC1. The fourth-order valence-corrected chi connectivity index (χ4v) is 2.16. The van der Waals surface area contributed by atoms with Gasteiger partial charge in [-0.05, 0) is 12.8 Å². The van der Waals surface area contributed by atoms with Gasteiger partial charge in [0.25, 0.3) is 0 Å². The molecule has 10 heavy (non-hydrogen) atoms. The highest BCUT2D eigenvalue weighted by Gasteiger charge is 2.41. The van der Waals surface area contributed by atoms with Crippen LogP contribution in [0.1, 0.15) is 19.3 Å². The maximum absolute atomic E-state index is 10.9. The minimum Gasteiger partial charge on any atom is -0.383 e. The fraction of sp³-hybridized carbons (Fsp3) is 1.00. The predicted octanol–water partition coefficient (Wildman–Crippen LogP) is 0.178. The Labute approximate surface area is 63.5 Å². The Morgan fingerprint density at radius 1 is 1.70 bits per heavy atom. The number of rotatable bonds is 3. The summed E-state index contributed by atoms with van der Waals surface area (Å²) < 4.78 is 15.7. The molecule has 0 spiro atoms. The van der Waals surface area contributed by atoms with Crippen LogP contribution in [-0.2, 0) is 15.7 Å². The van der Waals surface area contributed by atoms with E-state index in [4.69, 9.17) is 9.88 Å². The molecule has 1 unspecified atom stereocenters. The monoisotopic (exact) mass is 163 g/mol. The smallest absolute Gasteiger partial charge is 0.0974 e. The van der Waals surface area contributed by atoms with Gasteiger partial charge < -0.3 is 4.74 Å². The first-order valence-corrected chi connectivity index (χ1v) is 4.58. The van der Waals surface area contributed by atoms with Crippen molar-refractivity contribution in [1.82, 2.24) is 0 Å². The van der Waals surface area contributed by atoms with Crippen LogP contribution in [0.2, 0.25) is 0 Å². The molecule has 0 heterocycles. The van der Waals surface area contributed by atoms with Crippen LogP contribution in [0.4, 0.5) is 0 Å². The standard InChI is InChI=1S/C6H13NO2S/c1-9-5-6(10(7)8)3-2-4-6/h2-5,7H2,1H3. The van der Waals surface area contributed by atoms with Gasteiger partial charge in [-0.25, -0.2) is 4.21 Å². The number of hydrogen-bond donors (Lipinski definition) is 1. The lowest BCUT2D eigenvalue weighted by Gasteiger charge is -2.38. The average molecular weight is 163 g/mol. The van der Waals surface area contributed by atoms with Crippen LogP contribution in [0.15, 0.2) is 0 Å². The Bertz CT molecular complexity index is 145. The third-order valence-corrected chi connectivity index (χ3v) is 3.48. The molecule has 0 aromatic carbocycles. The van der Waals surface area contributed by atoms with Gasteiger partial charge in [0, 0.05) is 7.11 Å². The van der Waals surface area contributed by atoms with E-state index >= 15 is 0 Å². The maximum atomic E-state index is 10.9. The van der Waals surface area contributed by atoms with Gasteiger partial charge in [-0.1, -0.05) is 6.42 Å². The summed E-state index contributed by atoms with van der Waals surface area (Å²) in [5.41, 5.74) is 0. The fourth-order valence-electron chi connectivity index (χ4n) is 1.24. The van der Waals surface area contributed by atoms with Crippen molar-refractivity contribution in [1.29, 1.82) is 0 Å². The molecule has 1 atom stereocenters. The molecule has 1 rings (SSSR count). The summed E-state index contributed by atoms with van der Waals surface area (Å²) in [7, 11) is 0.411. The van der Waals surface area contributed by atoms with Crippen LogP contribution in [0.25, 0.3) is 0 Å². The Morgan fingerprint density at radius 2 is 2.30 bits per heavy atom. The molecule has 0 saturated heterocycles. The molecule has 0 aromatic rings. The van der Waals surface area contributed by atoms with Crippen LogP contribution in [0.5, 0.6) is 0 Å². The second-order valence-corrected chi connectivity index (χ2v) is 4.23.